The maximum atomic E-state index is 12.9. The fourth-order valence-corrected chi connectivity index (χ4v) is 5.44. The lowest BCUT2D eigenvalue weighted by Gasteiger charge is -2.23. The maximum Gasteiger partial charge on any atom is 0.238 e. The van der Waals surface area contributed by atoms with Crippen molar-refractivity contribution in [3.63, 3.8) is 0 Å². The third-order valence-corrected chi connectivity index (χ3v) is 7.55. The summed E-state index contributed by atoms with van der Waals surface area (Å²) in [5.74, 6) is 0.202. The number of hydrogen-bond donors (Lipinski definition) is 1. The largest absolute Gasteiger partial charge is 0.341 e. The minimum atomic E-state index is 0.0170. The number of para-hydroxylation sites is 1. The van der Waals surface area contributed by atoms with Crippen molar-refractivity contribution in [2.24, 2.45) is 0 Å². The molecule has 5 nitrogen and oxygen atoms in total. The van der Waals surface area contributed by atoms with Gasteiger partial charge in [-0.15, -0.1) is 11.8 Å². The van der Waals surface area contributed by atoms with E-state index in [2.05, 4.69) is 49.2 Å². The van der Waals surface area contributed by atoms with Crippen molar-refractivity contribution in [1.29, 1.82) is 0 Å². The van der Waals surface area contributed by atoms with Gasteiger partial charge in [0, 0.05) is 53.5 Å². The zero-order valence-corrected chi connectivity index (χ0v) is 22.1. The van der Waals surface area contributed by atoms with Gasteiger partial charge in [0.25, 0.3) is 0 Å². The number of halogens is 1. The zero-order valence-electron chi connectivity index (χ0n) is 20.5. The first-order valence-electron chi connectivity index (χ1n) is 12.2. The third-order valence-electron chi connectivity index (χ3n) is 6.18. The van der Waals surface area contributed by atoms with E-state index in [-0.39, 0.29) is 17.1 Å². The normalized spacial score (nSPS) is 15.6. The average molecular weight is 502 g/mol. The Morgan fingerprint density at radius 2 is 1.68 bits per heavy atom. The first kappa shape index (κ1) is 26.6. The number of aryl methyl sites for hydroxylation is 2. The number of nitrogens with one attached hydrogen (secondary N) is 1. The fraction of sp³-hybridized carbons (Fsp3) is 0.481. The summed E-state index contributed by atoms with van der Waals surface area (Å²) in [6, 6.07) is 14.0. The van der Waals surface area contributed by atoms with Gasteiger partial charge in [-0.25, -0.2) is 0 Å². The van der Waals surface area contributed by atoms with E-state index >= 15 is 0 Å². The number of carbonyl (C=O) groups excluding carboxylic acids is 2. The maximum absolute atomic E-state index is 12.9. The van der Waals surface area contributed by atoms with Crippen molar-refractivity contribution >= 4 is 40.9 Å². The van der Waals surface area contributed by atoms with Crippen molar-refractivity contribution in [2.75, 3.05) is 38.0 Å². The number of hydrogen-bond acceptors (Lipinski definition) is 4. The van der Waals surface area contributed by atoms with Crippen LogP contribution in [-0.4, -0.2) is 59.6 Å². The van der Waals surface area contributed by atoms with Gasteiger partial charge in [-0.1, -0.05) is 50.6 Å². The fourth-order valence-electron chi connectivity index (χ4n) is 4.33. The second-order valence-corrected chi connectivity index (χ2v) is 10.8. The summed E-state index contributed by atoms with van der Waals surface area (Å²) < 4.78 is 0. The van der Waals surface area contributed by atoms with Crippen LogP contribution in [0.5, 0.6) is 0 Å². The average Bonchev–Trinajstić information content (AvgIpc) is 3.06. The predicted molar refractivity (Wildman–Crippen MR) is 143 cm³/mol. The molecule has 7 heteroatoms. The summed E-state index contributed by atoms with van der Waals surface area (Å²) in [5, 5.41) is 4.07. The van der Waals surface area contributed by atoms with E-state index in [9.17, 15) is 9.59 Å². The zero-order chi connectivity index (χ0) is 24.5. The summed E-state index contributed by atoms with van der Waals surface area (Å²) in [5.41, 5.74) is 3.31. The molecule has 1 fully saturated rings. The van der Waals surface area contributed by atoms with E-state index in [4.69, 9.17) is 11.6 Å². The topological polar surface area (TPSA) is 52.7 Å². The number of benzene rings is 2. The van der Waals surface area contributed by atoms with Crippen LogP contribution in [0, 0.1) is 0 Å². The Morgan fingerprint density at radius 1 is 1.00 bits per heavy atom. The van der Waals surface area contributed by atoms with Crippen LogP contribution in [0.1, 0.15) is 44.7 Å². The van der Waals surface area contributed by atoms with Crippen molar-refractivity contribution in [1.82, 2.24) is 9.80 Å². The molecule has 2 aromatic carbocycles. The molecule has 0 radical (unpaired) electrons. The molecular formula is C27H36ClN3O2S. The van der Waals surface area contributed by atoms with Crippen molar-refractivity contribution in [3.8, 4) is 0 Å². The highest BCUT2D eigenvalue weighted by Crippen LogP contribution is 2.27. The lowest BCUT2D eigenvalue weighted by molar-refractivity contribution is -0.130. The molecule has 3 rings (SSSR count). The van der Waals surface area contributed by atoms with Gasteiger partial charge in [0.05, 0.1) is 6.54 Å². The molecule has 0 aliphatic carbocycles. The van der Waals surface area contributed by atoms with E-state index < -0.39 is 0 Å². The van der Waals surface area contributed by atoms with E-state index in [0.29, 0.717) is 26.1 Å². The Labute approximate surface area is 213 Å². The highest BCUT2D eigenvalue weighted by molar-refractivity contribution is 8.00. The number of nitrogens with zero attached hydrogens (tertiary/aromatic N) is 2. The molecule has 1 aliphatic rings. The number of carbonyl (C=O) groups is 2. The summed E-state index contributed by atoms with van der Waals surface area (Å²) in [6.07, 6.45) is 3.16. The molecule has 1 heterocycles. The Morgan fingerprint density at radius 3 is 2.32 bits per heavy atom. The number of amides is 2. The smallest absolute Gasteiger partial charge is 0.238 e. The van der Waals surface area contributed by atoms with Crippen LogP contribution in [0.3, 0.4) is 0 Å². The highest BCUT2D eigenvalue weighted by atomic mass is 35.5. The van der Waals surface area contributed by atoms with Gasteiger partial charge >= 0.3 is 0 Å². The molecule has 1 unspecified atom stereocenters. The molecule has 1 atom stereocenters. The van der Waals surface area contributed by atoms with Gasteiger partial charge < -0.3 is 10.2 Å². The van der Waals surface area contributed by atoms with Gasteiger partial charge in [-0.05, 0) is 54.7 Å². The first-order chi connectivity index (χ1) is 16.4. The first-order valence-corrected chi connectivity index (χ1v) is 13.5. The molecule has 1 aliphatic heterocycles. The van der Waals surface area contributed by atoms with Crippen LogP contribution in [-0.2, 0) is 22.4 Å². The number of rotatable bonds is 9. The van der Waals surface area contributed by atoms with Gasteiger partial charge in [-0.3, -0.25) is 14.5 Å². The molecule has 2 aromatic rings. The van der Waals surface area contributed by atoms with E-state index in [0.717, 1.165) is 48.0 Å². The second-order valence-electron chi connectivity index (χ2n) is 8.80. The molecule has 34 heavy (non-hydrogen) atoms. The summed E-state index contributed by atoms with van der Waals surface area (Å²) in [7, 11) is 0. The predicted octanol–water partition coefficient (Wildman–Crippen LogP) is 5.51. The minimum Gasteiger partial charge on any atom is -0.341 e. The standard InChI is InChI=1S/C27H36ClN3O2S/c1-4-21-8-6-9-22(5-2)27(21)29-25(32)19-30-14-7-15-31(17-16-30)26(33)18-20(3)34-24-12-10-23(28)11-13-24/h6,8-13,20H,4-5,7,14-19H2,1-3H3,(H,29,32). The van der Waals surface area contributed by atoms with Gasteiger partial charge in [-0.2, -0.15) is 0 Å². The minimum absolute atomic E-state index is 0.0170. The molecule has 0 bridgehead atoms. The van der Waals surface area contributed by atoms with Gasteiger partial charge in [0.1, 0.15) is 0 Å². The molecule has 2 amide bonds. The van der Waals surface area contributed by atoms with Crippen LogP contribution in [0.2, 0.25) is 5.02 Å². The quantitative estimate of drug-likeness (QED) is 0.460. The molecule has 0 spiro atoms. The molecule has 0 aromatic heterocycles. The van der Waals surface area contributed by atoms with Crippen LogP contribution < -0.4 is 5.32 Å². The molecule has 0 saturated carbocycles. The highest BCUT2D eigenvalue weighted by Gasteiger charge is 2.22. The van der Waals surface area contributed by atoms with Crippen LogP contribution >= 0.6 is 23.4 Å². The molecule has 184 valence electrons. The van der Waals surface area contributed by atoms with Crippen LogP contribution in [0.15, 0.2) is 47.4 Å². The lowest BCUT2D eigenvalue weighted by atomic mass is 10.0. The van der Waals surface area contributed by atoms with Crippen molar-refractivity contribution in [3.05, 3.63) is 58.6 Å². The summed E-state index contributed by atoms with van der Waals surface area (Å²) >= 11 is 7.66. The Bertz CT molecular complexity index is 945. The van der Waals surface area contributed by atoms with Crippen molar-refractivity contribution in [2.45, 2.75) is 56.6 Å². The third kappa shape index (κ3) is 7.76. The molecule has 1 N–H and O–H groups in total. The lowest BCUT2D eigenvalue weighted by Crippen LogP contribution is -2.38. The molecule has 1 saturated heterocycles. The van der Waals surface area contributed by atoms with Crippen LogP contribution in [0.4, 0.5) is 5.69 Å². The summed E-state index contributed by atoms with van der Waals surface area (Å²) in [4.78, 5) is 31.0. The van der Waals surface area contributed by atoms with Gasteiger partial charge in [0.15, 0.2) is 0 Å². The van der Waals surface area contributed by atoms with Crippen molar-refractivity contribution < 1.29 is 9.59 Å². The number of anilines is 1. The van der Waals surface area contributed by atoms with E-state index in [1.165, 1.54) is 11.1 Å². The van der Waals surface area contributed by atoms with E-state index in [1.54, 1.807) is 11.8 Å². The Hall–Kier alpha value is -2.02. The van der Waals surface area contributed by atoms with Crippen LogP contribution in [0.25, 0.3) is 0 Å². The summed E-state index contributed by atoms with van der Waals surface area (Å²) in [6.45, 7) is 9.61. The SMILES string of the molecule is CCc1cccc(CC)c1NC(=O)CN1CCCN(C(=O)CC(C)Sc2ccc(Cl)cc2)CC1. The van der Waals surface area contributed by atoms with E-state index in [1.807, 2.05) is 29.2 Å². The Kier molecular flexibility index (Phi) is 10.3. The Balaban J connectivity index is 1.48. The monoisotopic (exact) mass is 501 g/mol. The second kappa shape index (κ2) is 13.2. The molecular weight excluding hydrogens is 466 g/mol. The number of thioether (sulfide) groups is 1. The van der Waals surface area contributed by atoms with Gasteiger partial charge in [0.2, 0.25) is 11.8 Å².